The maximum Gasteiger partial charge on any atom is 0.267 e. The Bertz CT molecular complexity index is 1180. The Labute approximate surface area is 196 Å². The van der Waals surface area contributed by atoms with E-state index >= 15 is 0 Å². The average Bonchev–Trinajstić information content (AvgIpc) is 3.19. The summed E-state index contributed by atoms with van der Waals surface area (Å²) in [5, 5.41) is 10.2. The summed E-state index contributed by atoms with van der Waals surface area (Å²) in [5.74, 6) is 0.398. The van der Waals surface area contributed by atoms with E-state index in [-0.39, 0.29) is 17.9 Å². The molecule has 3 unspecified atom stereocenters. The number of carbonyl (C=O) groups is 1. The van der Waals surface area contributed by atoms with Gasteiger partial charge in [-0.1, -0.05) is 30.3 Å². The predicted octanol–water partition coefficient (Wildman–Crippen LogP) is 3.13. The molecule has 3 atom stereocenters. The van der Waals surface area contributed by atoms with Crippen LogP contribution in [0.4, 0.5) is 5.69 Å². The van der Waals surface area contributed by atoms with Crippen LogP contribution in [0.3, 0.4) is 0 Å². The van der Waals surface area contributed by atoms with Crippen LogP contribution >= 0.6 is 0 Å². The summed E-state index contributed by atoms with van der Waals surface area (Å²) in [4.78, 5) is 12.4. The van der Waals surface area contributed by atoms with Gasteiger partial charge in [-0.15, -0.1) is 0 Å². The van der Waals surface area contributed by atoms with Crippen LogP contribution in [0.1, 0.15) is 36.1 Å². The molecule has 3 aromatic rings. The van der Waals surface area contributed by atoms with Crippen molar-refractivity contribution in [1.82, 2.24) is 5.48 Å². The second kappa shape index (κ2) is 10.6. The Hall–Kier alpha value is -2.53. The lowest BCUT2D eigenvalue weighted by Crippen LogP contribution is -2.48. The second-order valence-electron chi connectivity index (χ2n) is 7.99. The molecule has 0 radical (unpaired) electrons. The molecule has 2 aromatic carbocycles. The monoisotopic (exact) mass is 489 g/mol. The average molecular weight is 490 g/mol. The van der Waals surface area contributed by atoms with Crippen LogP contribution in [0.25, 0.3) is 11.0 Å². The van der Waals surface area contributed by atoms with Crippen LogP contribution in [0.15, 0.2) is 52.9 Å². The number of benzene rings is 2. The van der Waals surface area contributed by atoms with Crippen LogP contribution in [0.5, 0.6) is 0 Å². The van der Waals surface area contributed by atoms with Crippen LogP contribution in [0, 0.1) is 0 Å². The van der Waals surface area contributed by atoms with Gasteiger partial charge in [0.1, 0.15) is 17.4 Å². The van der Waals surface area contributed by atoms with Crippen molar-refractivity contribution in [3.8, 4) is 0 Å². The minimum absolute atomic E-state index is 0.0352. The first-order chi connectivity index (χ1) is 16.0. The molecule has 176 valence electrons. The third-order valence-electron chi connectivity index (χ3n) is 5.84. The maximum atomic E-state index is 12.6. The molecule has 1 aromatic heterocycles. The Morgan fingerprint density at radius 1 is 1.15 bits per heavy atom. The van der Waals surface area contributed by atoms with E-state index in [1.807, 2.05) is 30.3 Å². The number of hydrogen-bond acceptors (Lipinski definition) is 6. The number of nitrogens with one attached hydrogen (secondary N) is 1. The van der Waals surface area contributed by atoms with Crippen LogP contribution in [-0.4, -0.2) is 35.9 Å². The van der Waals surface area contributed by atoms with Gasteiger partial charge in [-0.05, 0) is 43.4 Å². The van der Waals surface area contributed by atoms with Crippen molar-refractivity contribution in [1.29, 1.82) is 0 Å². The summed E-state index contributed by atoms with van der Waals surface area (Å²) in [7, 11) is -1.32. The number of fused-ring (bicyclic) bond motifs is 3. The zero-order valence-corrected chi connectivity index (χ0v) is 19.5. The van der Waals surface area contributed by atoms with Crippen LogP contribution in [0.2, 0.25) is 0 Å². The SMILES string of the molecule is O=C(NO)C(CCS(=O)Cc1ccccc1)N(c1ccc2c3c(oc2c1)CCCC3)S(=O)[O-]. The van der Waals surface area contributed by atoms with Crippen LogP contribution < -0.4 is 9.79 Å². The first-order valence-corrected chi connectivity index (χ1v) is 13.3. The van der Waals surface area contributed by atoms with E-state index in [2.05, 4.69) is 0 Å². The highest BCUT2D eigenvalue weighted by molar-refractivity contribution is 7.84. The molecule has 4 rings (SSSR count). The van der Waals surface area contributed by atoms with Gasteiger partial charge in [0, 0.05) is 57.0 Å². The molecule has 1 heterocycles. The molecular formula is C23H25N2O6S2-. The topological polar surface area (TPSA) is 123 Å². The molecular weight excluding hydrogens is 464 g/mol. The summed E-state index contributed by atoms with van der Waals surface area (Å²) >= 11 is -2.82. The van der Waals surface area contributed by atoms with E-state index in [9.17, 15) is 23.0 Å². The van der Waals surface area contributed by atoms with Crippen molar-refractivity contribution in [3.05, 3.63) is 65.4 Å². The molecule has 1 aliphatic rings. The fraction of sp³-hybridized carbons (Fsp3) is 0.348. The zero-order chi connectivity index (χ0) is 23.4. The van der Waals surface area contributed by atoms with Crippen molar-refractivity contribution in [2.24, 2.45) is 0 Å². The molecule has 0 bridgehead atoms. The van der Waals surface area contributed by atoms with Gasteiger partial charge in [0.25, 0.3) is 5.91 Å². The lowest BCUT2D eigenvalue weighted by molar-refractivity contribution is -0.130. The number of carbonyl (C=O) groups excluding carboxylic acids is 1. The molecule has 1 aliphatic carbocycles. The summed E-state index contributed by atoms with van der Waals surface area (Å²) in [6.45, 7) is 0. The fourth-order valence-corrected chi connectivity index (χ4v) is 6.15. The van der Waals surface area contributed by atoms with E-state index < -0.39 is 34.0 Å². The van der Waals surface area contributed by atoms with Gasteiger partial charge in [0.2, 0.25) is 0 Å². The first kappa shape index (κ1) is 23.6. The Kier molecular flexibility index (Phi) is 7.59. The smallest absolute Gasteiger partial charge is 0.267 e. The molecule has 1 amide bonds. The molecule has 0 saturated heterocycles. The number of hydrogen-bond donors (Lipinski definition) is 2. The number of nitrogens with zero attached hydrogens (tertiary/aromatic N) is 1. The normalized spacial score (nSPS) is 16.1. The molecule has 0 fully saturated rings. The standard InChI is InChI=1S/C23H26N2O6S2/c26-23(24-27)20(12-13-32(28)15-16-6-2-1-3-7-16)25(33(29)30)17-10-11-19-18-8-4-5-9-21(18)31-22(19)14-17/h1-3,6-7,10-11,14,20,27H,4-5,8-9,12-13,15H2,(H,24,26)(H,29,30)/p-1. The number of hydroxylamine groups is 1. The van der Waals surface area contributed by atoms with Gasteiger partial charge in [0.05, 0.1) is 5.69 Å². The molecule has 10 heteroatoms. The Morgan fingerprint density at radius 2 is 1.91 bits per heavy atom. The maximum absolute atomic E-state index is 12.6. The minimum atomic E-state index is -2.82. The van der Waals surface area contributed by atoms with Crippen molar-refractivity contribution in [2.75, 3.05) is 10.1 Å². The highest BCUT2D eigenvalue weighted by Crippen LogP contribution is 2.35. The van der Waals surface area contributed by atoms with Crippen molar-refractivity contribution in [2.45, 2.75) is 43.9 Å². The Balaban J connectivity index is 1.58. The highest BCUT2D eigenvalue weighted by Gasteiger charge is 2.29. The van der Waals surface area contributed by atoms with Crippen molar-refractivity contribution >= 4 is 44.6 Å². The molecule has 0 saturated carbocycles. The van der Waals surface area contributed by atoms with Crippen molar-refractivity contribution in [3.63, 3.8) is 0 Å². The van der Waals surface area contributed by atoms with Gasteiger partial charge in [-0.2, -0.15) is 0 Å². The molecule has 0 aliphatic heterocycles. The highest BCUT2D eigenvalue weighted by atomic mass is 32.2. The van der Waals surface area contributed by atoms with E-state index in [0.29, 0.717) is 11.3 Å². The zero-order valence-electron chi connectivity index (χ0n) is 17.9. The van der Waals surface area contributed by atoms with Crippen LogP contribution in [-0.2, 0) is 45.5 Å². The predicted molar refractivity (Wildman–Crippen MR) is 126 cm³/mol. The minimum Gasteiger partial charge on any atom is -0.755 e. The number of anilines is 1. The number of aryl methyl sites for hydroxylation is 2. The van der Waals surface area contributed by atoms with Crippen molar-refractivity contribution < 1.29 is 27.4 Å². The molecule has 33 heavy (non-hydrogen) atoms. The molecule has 0 spiro atoms. The summed E-state index contributed by atoms with van der Waals surface area (Å²) in [6, 6.07) is 13.0. The third-order valence-corrected chi connectivity index (χ3v) is 7.97. The van der Waals surface area contributed by atoms with E-state index in [0.717, 1.165) is 52.3 Å². The van der Waals surface area contributed by atoms with Gasteiger partial charge in [0.15, 0.2) is 0 Å². The Morgan fingerprint density at radius 3 is 2.64 bits per heavy atom. The lowest BCUT2D eigenvalue weighted by Gasteiger charge is -2.33. The largest absolute Gasteiger partial charge is 0.755 e. The summed E-state index contributed by atoms with van der Waals surface area (Å²) in [5.41, 5.74) is 4.38. The summed E-state index contributed by atoms with van der Waals surface area (Å²) < 4.78 is 43.8. The van der Waals surface area contributed by atoms with E-state index in [4.69, 9.17) is 4.42 Å². The summed E-state index contributed by atoms with van der Waals surface area (Å²) in [6.07, 6.45) is 3.86. The number of amides is 1. The van der Waals surface area contributed by atoms with Gasteiger partial charge in [-0.25, -0.2) is 5.48 Å². The molecule has 2 N–H and O–H groups in total. The van der Waals surface area contributed by atoms with E-state index in [1.165, 1.54) is 0 Å². The third kappa shape index (κ3) is 5.35. The van der Waals surface area contributed by atoms with Gasteiger partial charge >= 0.3 is 0 Å². The van der Waals surface area contributed by atoms with E-state index in [1.54, 1.807) is 23.7 Å². The quantitative estimate of drug-likeness (QED) is 0.270. The lowest BCUT2D eigenvalue weighted by atomic mass is 9.96. The number of furan rings is 1. The second-order valence-corrected chi connectivity index (χ2v) is 10.4. The van der Waals surface area contributed by atoms with Gasteiger partial charge in [-0.3, -0.25) is 22.7 Å². The molecule has 8 nitrogen and oxygen atoms in total. The number of rotatable bonds is 9. The first-order valence-electron chi connectivity index (χ1n) is 10.7. The fourth-order valence-electron chi connectivity index (χ4n) is 4.26. The van der Waals surface area contributed by atoms with Gasteiger partial charge < -0.3 is 8.97 Å².